The van der Waals surface area contributed by atoms with Crippen molar-refractivity contribution in [2.75, 3.05) is 14.2 Å². The first-order valence-electron chi connectivity index (χ1n) is 5.18. The fourth-order valence-electron chi connectivity index (χ4n) is 1.58. The van der Waals surface area contributed by atoms with Gasteiger partial charge in [0.1, 0.15) is 0 Å². The van der Waals surface area contributed by atoms with Gasteiger partial charge in [-0.05, 0) is 26.3 Å². The molecule has 1 aromatic carbocycles. The number of benzene rings is 1. The summed E-state index contributed by atoms with van der Waals surface area (Å²) in [5.74, 6) is 0.0302. The van der Waals surface area contributed by atoms with Crippen molar-refractivity contribution in [2.45, 2.75) is 25.8 Å². The third-order valence-electron chi connectivity index (χ3n) is 2.29. The van der Waals surface area contributed by atoms with Crippen molar-refractivity contribution < 1.29 is 13.9 Å². The Hall–Kier alpha value is -0.810. The van der Waals surface area contributed by atoms with E-state index in [1.165, 1.54) is 14.2 Å². The van der Waals surface area contributed by atoms with E-state index in [0.29, 0.717) is 22.2 Å². The van der Waals surface area contributed by atoms with Crippen LogP contribution in [0.4, 0.5) is 4.39 Å². The number of ether oxygens (including phenoxy) is 2. The Balaban J connectivity index is 3.32. The molecule has 1 aromatic rings. The number of halogens is 2. The molecule has 0 unspecified atom stereocenters. The van der Waals surface area contributed by atoms with E-state index in [9.17, 15) is 4.39 Å². The molecule has 2 N–H and O–H groups in total. The molecule has 0 atom stereocenters. The van der Waals surface area contributed by atoms with Gasteiger partial charge in [-0.25, -0.2) is 4.39 Å². The fourth-order valence-corrected chi connectivity index (χ4v) is 2.10. The SMILES string of the molecule is COc1cc(Br)c(CC(C)(C)N)c(F)c1OC. The Bertz CT molecular complexity index is 416. The van der Waals surface area contributed by atoms with E-state index in [2.05, 4.69) is 15.9 Å². The highest BCUT2D eigenvalue weighted by molar-refractivity contribution is 9.10. The summed E-state index contributed by atoms with van der Waals surface area (Å²) < 4.78 is 24.9. The van der Waals surface area contributed by atoms with Crippen LogP contribution in [-0.2, 0) is 6.42 Å². The first kappa shape index (κ1) is 14.3. The Kier molecular flexibility index (Phi) is 4.38. The highest BCUT2D eigenvalue weighted by Gasteiger charge is 2.23. The summed E-state index contributed by atoms with van der Waals surface area (Å²) in [4.78, 5) is 0. The van der Waals surface area contributed by atoms with Gasteiger partial charge in [0.25, 0.3) is 0 Å². The Labute approximate surface area is 109 Å². The maximum atomic E-state index is 14.2. The zero-order chi connectivity index (χ0) is 13.2. The lowest BCUT2D eigenvalue weighted by Crippen LogP contribution is -2.35. The highest BCUT2D eigenvalue weighted by Crippen LogP contribution is 2.38. The smallest absolute Gasteiger partial charge is 0.197 e. The van der Waals surface area contributed by atoms with Crippen molar-refractivity contribution >= 4 is 15.9 Å². The summed E-state index contributed by atoms with van der Waals surface area (Å²) in [6, 6.07) is 1.68. The second-order valence-electron chi connectivity index (χ2n) is 4.55. The Morgan fingerprint density at radius 1 is 1.35 bits per heavy atom. The van der Waals surface area contributed by atoms with Crippen LogP contribution >= 0.6 is 15.9 Å². The lowest BCUT2D eigenvalue weighted by Gasteiger charge is -2.21. The molecule has 0 aliphatic rings. The van der Waals surface area contributed by atoms with Crippen molar-refractivity contribution in [3.05, 3.63) is 21.9 Å². The first-order valence-corrected chi connectivity index (χ1v) is 5.97. The second kappa shape index (κ2) is 5.23. The van der Waals surface area contributed by atoms with E-state index >= 15 is 0 Å². The topological polar surface area (TPSA) is 44.5 Å². The van der Waals surface area contributed by atoms with Gasteiger partial charge in [0.15, 0.2) is 17.3 Å². The quantitative estimate of drug-likeness (QED) is 0.930. The lowest BCUT2D eigenvalue weighted by molar-refractivity contribution is 0.334. The lowest BCUT2D eigenvalue weighted by atomic mass is 9.95. The van der Waals surface area contributed by atoms with E-state index in [0.717, 1.165) is 0 Å². The largest absolute Gasteiger partial charge is 0.493 e. The number of hydrogen-bond donors (Lipinski definition) is 1. The summed E-state index contributed by atoms with van der Waals surface area (Å²) in [5, 5.41) is 0. The minimum atomic E-state index is -0.497. The summed E-state index contributed by atoms with van der Waals surface area (Å²) >= 11 is 3.32. The second-order valence-corrected chi connectivity index (χ2v) is 5.41. The van der Waals surface area contributed by atoms with Crippen LogP contribution in [0.15, 0.2) is 10.5 Å². The van der Waals surface area contributed by atoms with E-state index in [1.54, 1.807) is 6.07 Å². The normalized spacial score (nSPS) is 11.5. The van der Waals surface area contributed by atoms with Crippen LogP contribution in [0.25, 0.3) is 0 Å². The maximum Gasteiger partial charge on any atom is 0.197 e. The fraction of sp³-hybridized carbons (Fsp3) is 0.500. The molecule has 0 aromatic heterocycles. The molecular weight excluding hydrogens is 289 g/mol. The van der Waals surface area contributed by atoms with Crippen LogP contribution in [-0.4, -0.2) is 19.8 Å². The van der Waals surface area contributed by atoms with Crippen molar-refractivity contribution in [1.82, 2.24) is 0 Å². The third kappa shape index (κ3) is 3.33. The van der Waals surface area contributed by atoms with Crippen LogP contribution in [0.1, 0.15) is 19.4 Å². The van der Waals surface area contributed by atoms with Gasteiger partial charge in [0.05, 0.1) is 14.2 Å². The molecule has 0 radical (unpaired) electrons. The van der Waals surface area contributed by atoms with Gasteiger partial charge in [0.2, 0.25) is 0 Å². The highest BCUT2D eigenvalue weighted by atomic mass is 79.9. The molecule has 0 aliphatic carbocycles. The van der Waals surface area contributed by atoms with E-state index < -0.39 is 11.4 Å². The minimum Gasteiger partial charge on any atom is -0.493 e. The van der Waals surface area contributed by atoms with Crippen LogP contribution in [0.5, 0.6) is 11.5 Å². The number of nitrogens with two attached hydrogens (primary N) is 1. The number of rotatable bonds is 4. The molecule has 0 spiro atoms. The van der Waals surface area contributed by atoms with Gasteiger partial charge in [-0.1, -0.05) is 15.9 Å². The predicted octanol–water partition coefficient (Wildman–Crippen LogP) is 2.89. The molecule has 0 aliphatic heterocycles. The maximum absolute atomic E-state index is 14.2. The summed E-state index contributed by atoms with van der Waals surface area (Å²) in [6.45, 7) is 3.69. The van der Waals surface area contributed by atoms with E-state index in [1.807, 2.05) is 13.8 Å². The monoisotopic (exact) mass is 305 g/mol. The zero-order valence-electron chi connectivity index (χ0n) is 10.4. The van der Waals surface area contributed by atoms with Crippen LogP contribution < -0.4 is 15.2 Å². The molecule has 0 heterocycles. The van der Waals surface area contributed by atoms with Crippen LogP contribution in [0, 0.1) is 5.82 Å². The van der Waals surface area contributed by atoms with Crippen LogP contribution in [0.2, 0.25) is 0 Å². The van der Waals surface area contributed by atoms with Gasteiger partial charge in [0, 0.05) is 15.6 Å². The predicted molar refractivity (Wildman–Crippen MR) is 69.2 cm³/mol. The Morgan fingerprint density at radius 2 is 1.94 bits per heavy atom. The number of hydrogen-bond acceptors (Lipinski definition) is 3. The molecular formula is C12H17BrFNO2. The van der Waals surface area contributed by atoms with E-state index in [4.69, 9.17) is 15.2 Å². The number of methoxy groups -OCH3 is 2. The molecule has 96 valence electrons. The van der Waals surface area contributed by atoms with Crippen molar-refractivity contribution in [2.24, 2.45) is 5.73 Å². The zero-order valence-corrected chi connectivity index (χ0v) is 12.0. The summed E-state index contributed by atoms with van der Waals surface area (Å²) in [5.41, 5.74) is 5.91. The first-order chi connectivity index (χ1) is 7.80. The molecule has 17 heavy (non-hydrogen) atoms. The minimum absolute atomic E-state index is 0.106. The molecule has 5 heteroatoms. The van der Waals surface area contributed by atoms with Crippen molar-refractivity contribution in [3.63, 3.8) is 0 Å². The Morgan fingerprint density at radius 3 is 2.35 bits per heavy atom. The van der Waals surface area contributed by atoms with Gasteiger partial charge < -0.3 is 15.2 Å². The standard InChI is InChI=1S/C12H17BrFNO2/c1-12(2,15)6-7-8(13)5-9(16-3)11(17-4)10(7)14/h5H,6,15H2,1-4H3. The molecule has 0 bridgehead atoms. The average Bonchev–Trinajstić information content (AvgIpc) is 2.22. The summed E-state index contributed by atoms with van der Waals surface area (Å²) in [6.07, 6.45) is 0.403. The molecule has 0 saturated carbocycles. The molecule has 0 fully saturated rings. The average molecular weight is 306 g/mol. The van der Waals surface area contributed by atoms with Crippen molar-refractivity contribution in [1.29, 1.82) is 0 Å². The third-order valence-corrected chi connectivity index (χ3v) is 3.00. The summed E-state index contributed by atoms with van der Waals surface area (Å²) in [7, 11) is 2.88. The van der Waals surface area contributed by atoms with E-state index in [-0.39, 0.29) is 5.75 Å². The molecule has 1 rings (SSSR count). The molecule has 0 saturated heterocycles. The molecule has 3 nitrogen and oxygen atoms in total. The van der Waals surface area contributed by atoms with Crippen molar-refractivity contribution in [3.8, 4) is 11.5 Å². The molecule has 0 amide bonds. The van der Waals surface area contributed by atoms with Crippen LogP contribution in [0.3, 0.4) is 0 Å². The van der Waals surface area contributed by atoms with Gasteiger partial charge >= 0.3 is 0 Å². The van der Waals surface area contributed by atoms with Gasteiger partial charge in [-0.2, -0.15) is 0 Å². The van der Waals surface area contributed by atoms with Gasteiger partial charge in [-0.15, -0.1) is 0 Å². The van der Waals surface area contributed by atoms with Gasteiger partial charge in [-0.3, -0.25) is 0 Å².